The van der Waals surface area contributed by atoms with Gasteiger partial charge in [-0.05, 0) is 19.9 Å². The number of aromatic nitrogens is 2. The molecular weight excluding hydrogens is 174 g/mol. The van der Waals surface area contributed by atoms with Gasteiger partial charge in [-0.15, -0.1) is 11.6 Å². The van der Waals surface area contributed by atoms with Crippen LogP contribution in [0.3, 0.4) is 0 Å². The lowest BCUT2D eigenvalue weighted by Gasteiger charge is -2.02. The van der Waals surface area contributed by atoms with Crippen molar-refractivity contribution in [3.8, 4) is 6.07 Å². The van der Waals surface area contributed by atoms with Crippen molar-refractivity contribution < 1.29 is 0 Å². The standard InChI is InChI=1S/C8H10ClN3/c1-6-3-7(2)12(11-6)5-8(9)4-10/h3,8H,5H2,1-2H3/t8-/m0/s1. The molecule has 1 aromatic heterocycles. The van der Waals surface area contributed by atoms with Gasteiger partial charge < -0.3 is 0 Å². The van der Waals surface area contributed by atoms with Gasteiger partial charge in [0, 0.05) is 5.69 Å². The molecule has 0 saturated heterocycles. The van der Waals surface area contributed by atoms with Gasteiger partial charge in [0.2, 0.25) is 0 Å². The zero-order valence-electron chi connectivity index (χ0n) is 7.08. The van der Waals surface area contributed by atoms with E-state index in [9.17, 15) is 0 Å². The molecule has 3 nitrogen and oxygen atoms in total. The second-order valence-electron chi connectivity index (χ2n) is 2.71. The number of aryl methyl sites for hydroxylation is 2. The Labute approximate surface area is 76.6 Å². The van der Waals surface area contributed by atoms with Crippen LogP contribution in [0.4, 0.5) is 0 Å². The van der Waals surface area contributed by atoms with Crippen LogP contribution in [0.2, 0.25) is 0 Å². The van der Waals surface area contributed by atoms with Crippen molar-refractivity contribution in [2.45, 2.75) is 25.8 Å². The van der Waals surface area contributed by atoms with Gasteiger partial charge in [0.25, 0.3) is 0 Å². The van der Waals surface area contributed by atoms with E-state index >= 15 is 0 Å². The van der Waals surface area contributed by atoms with Crippen LogP contribution in [0.5, 0.6) is 0 Å². The van der Waals surface area contributed by atoms with E-state index in [1.165, 1.54) is 0 Å². The molecule has 0 spiro atoms. The second kappa shape index (κ2) is 3.59. The maximum Gasteiger partial charge on any atom is 0.140 e. The summed E-state index contributed by atoms with van der Waals surface area (Å²) < 4.78 is 1.75. The van der Waals surface area contributed by atoms with Crippen LogP contribution in [0.25, 0.3) is 0 Å². The Kier molecular flexibility index (Phi) is 2.72. The van der Waals surface area contributed by atoms with Gasteiger partial charge in [-0.1, -0.05) is 0 Å². The highest BCUT2D eigenvalue weighted by Gasteiger charge is 2.06. The molecule has 12 heavy (non-hydrogen) atoms. The fourth-order valence-electron chi connectivity index (χ4n) is 1.05. The normalized spacial score (nSPS) is 12.5. The molecule has 1 aromatic rings. The van der Waals surface area contributed by atoms with Crippen LogP contribution < -0.4 is 0 Å². The second-order valence-corrected chi connectivity index (χ2v) is 3.23. The average molecular weight is 184 g/mol. The zero-order chi connectivity index (χ0) is 9.14. The number of halogens is 1. The highest BCUT2D eigenvalue weighted by molar-refractivity contribution is 6.22. The molecule has 1 rings (SSSR count). The predicted octanol–water partition coefficient (Wildman–Crippen LogP) is 1.63. The smallest absolute Gasteiger partial charge is 0.140 e. The Bertz CT molecular complexity index is 311. The Hall–Kier alpha value is -1.01. The topological polar surface area (TPSA) is 41.6 Å². The van der Waals surface area contributed by atoms with E-state index in [0.29, 0.717) is 6.54 Å². The Morgan fingerprint density at radius 2 is 2.42 bits per heavy atom. The lowest BCUT2D eigenvalue weighted by molar-refractivity contribution is 0.609. The van der Waals surface area contributed by atoms with E-state index < -0.39 is 5.38 Å². The van der Waals surface area contributed by atoms with E-state index in [1.54, 1.807) is 4.68 Å². The highest BCUT2D eigenvalue weighted by Crippen LogP contribution is 2.05. The SMILES string of the molecule is Cc1cc(C)n(C[C@@H](Cl)C#N)n1. The molecule has 0 N–H and O–H groups in total. The summed E-state index contributed by atoms with van der Waals surface area (Å²) in [5, 5.41) is 12.2. The molecule has 0 amide bonds. The number of hydrogen-bond acceptors (Lipinski definition) is 2. The Morgan fingerprint density at radius 3 is 2.83 bits per heavy atom. The third-order valence-electron chi connectivity index (χ3n) is 1.58. The van der Waals surface area contributed by atoms with Gasteiger partial charge in [0.1, 0.15) is 5.38 Å². The first-order valence-corrected chi connectivity index (χ1v) is 4.12. The first kappa shape index (κ1) is 9.08. The number of alkyl halides is 1. The molecule has 0 bridgehead atoms. The molecule has 0 aliphatic carbocycles. The number of rotatable bonds is 2. The van der Waals surface area contributed by atoms with Crippen LogP contribution in [0.15, 0.2) is 6.07 Å². The zero-order valence-corrected chi connectivity index (χ0v) is 7.84. The molecule has 0 fully saturated rings. The van der Waals surface area contributed by atoms with Crippen LogP contribution in [0.1, 0.15) is 11.4 Å². The summed E-state index contributed by atoms with van der Waals surface area (Å²) in [6.07, 6.45) is 0. The van der Waals surface area contributed by atoms with Gasteiger partial charge in [0.05, 0.1) is 18.3 Å². The molecule has 0 aliphatic rings. The summed E-state index contributed by atoms with van der Waals surface area (Å²) in [7, 11) is 0. The van der Waals surface area contributed by atoms with E-state index in [1.807, 2.05) is 26.0 Å². The van der Waals surface area contributed by atoms with Crippen molar-refractivity contribution >= 4 is 11.6 Å². The largest absolute Gasteiger partial charge is 0.267 e. The van der Waals surface area contributed by atoms with E-state index in [4.69, 9.17) is 16.9 Å². The fraction of sp³-hybridized carbons (Fsp3) is 0.500. The van der Waals surface area contributed by atoms with Crippen molar-refractivity contribution in [1.29, 1.82) is 5.26 Å². The van der Waals surface area contributed by atoms with Gasteiger partial charge >= 0.3 is 0 Å². The van der Waals surface area contributed by atoms with E-state index in [0.717, 1.165) is 11.4 Å². The quantitative estimate of drug-likeness (QED) is 0.654. The number of nitrogens with zero attached hydrogens (tertiary/aromatic N) is 3. The van der Waals surface area contributed by atoms with Crippen molar-refractivity contribution in [1.82, 2.24) is 9.78 Å². The van der Waals surface area contributed by atoms with E-state index in [-0.39, 0.29) is 0 Å². The van der Waals surface area contributed by atoms with Crippen LogP contribution >= 0.6 is 11.6 Å². The Balaban J connectivity index is 2.76. The van der Waals surface area contributed by atoms with Crippen molar-refractivity contribution in [2.75, 3.05) is 0 Å². The molecule has 0 unspecified atom stereocenters. The predicted molar refractivity (Wildman–Crippen MR) is 47.0 cm³/mol. The maximum atomic E-state index is 8.47. The first-order valence-electron chi connectivity index (χ1n) is 3.68. The highest BCUT2D eigenvalue weighted by atomic mass is 35.5. The average Bonchev–Trinajstić information content (AvgIpc) is 2.30. The molecule has 4 heteroatoms. The van der Waals surface area contributed by atoms with Crippen LogP contribution in [-0.4, -0.2) is 15.2 Å². The summed E-state index contributed by atoms with van der Waals surface area (Å²) in [6.45, 7) is 4.32. The summed E-state index contributed by atoms with van der Waals surface area (Å²) in [5.41, 5.74) is 1.99. The third-order valence-corrected chi connectivity index (χ3v) is 1.81. The molecule has 1 atom stereocenters. The van der Waals surface area contributed by atoms with Crippen molar-refractivity contribution in [3.63, 3.8) is 0 Å². The number of nitriles is 1. The van der Waals surface area contributed by atoms with Gasteiger partial charge in [-0.3, -0.25) is 4.68 Å². The minimum Gasteiger partial charge on any atom is -0.267 e. The number of hydrogen-bond donors (Lipinski definition) is 0. The van der Waals surface area contributed by atoms with Gasteiger partial charge in [0.15, 0.2) is 0 Å². The lowest BCUT2D eigenvalue weighted by Crippen LogP contribution is -2.11. The summed E-state index contributed by atoms with van der Waals surface area (Å²) >= 11 is 5.66. The van der Waals surface area contributed by atoms with Gasteiger partial charge in [-0.25, -0.2) is 0 Å². The monoisotopic (exact) mass is 183 g/mol. The summed E-state index contributed by atoms with van der Waals surface area (Å²) in [6, 6.07) is 3.91. The van der Waals surface area contributed by atoms with Crippen molar-refractivity contribution in [2.24, 2.45) is 0 Å². The maximum absolute atomic E-state index is 8.47. The summed E-state index contributed by atoms with van der Waals surface area (Å²) in [4.78, 5) is 0. The lowest BCUT2D eigenvalue weighted by atomic mass is 10.4. The molecule has 64 valence electrons. The minimum atomic E-state index is -0.497. The van der Waals surface area contributed by atoms with E-state index in [2.05, 4.69) is 5.10 Å². The Morgan fingerprint density at radius 1 is 1.75 bits per heavy atom. The third kappa shape index (κ3) is 1.99. The molecule has 0 saturated carbocycles. The summed E-state index contributed by atoms with van der Waals surface area (Å²) in [5.74, 6) is 0. The molecular formula is C8H10ClN3. The fourth-order valence-corrected chi connectivity index (χ4v) is 1.18. The van der Waals surface area contributed by atoms with Crippen molar-refractivity contribution in [3.05, 3.63) is 17.5 Å². The molecule has 0 radical (unpaired) electrons. The molecule has 0 aromatic carbocycles. The van der Waals surface area contributed by atoms with Crippen LogP contribution in [0, 0.1) is 25.2 Å². The minimum absolute atomic E-state index is 0.456. The van der Waals surface area contributed by atoms with Gasteiger partial charge in [-0.2, -0.15) is 10.4 Å². The first-order chi connectivity index (χ1) is 5.63. The van der Waals surface area contributed by atoms with Crippen LogP contribution in [-0.2, 0) is 6.54 Å². The molecule has 1 heterocycles. The molecule has 0 aliphatic heterocycles.